The van der Waals surface area contributed by atoms with E-state index in [9.17, 15) is 4.79 Å². The second kappa shape index (κ2) is 7.28. The summed E-state index contributed by atoms with van der Waals surface area (Å²) in [5, 5.41) is 0. The third-order valence-corrected chi connectivity index (χ3v) is 5.28. The first-order valence-corrected chi connectivity index (χ1v) is 8.69. The molecule has 120 valence electrons. The van der Waals surface area contributed by atoms with Crippen LogP contribution < -0.4 is 0 Å². The van der Waals surface area contributed by atoms with Crippen LogP contribution in [0.3, 0.4) is 0 Å². The van der Waals surface area contributed by atoms with Gasteiger partial charge in [0.15, 0.2) is 0 Å². The van der Waals surface area contributed by atoms with Gasteiger partial charge in [0.2, 0.25) is 5.91 Å². The number of carbonyl (C=O) groups excluding carboxylic acids is 1. The van der Waals surface area contributed by atoms with E-state index in [1.807, 2.05) is 6.07 Å². The summed E-state index contributed by atoms with van der Waals surface area (Å²) < 4.78 is 5.42. The second-order valence-corrected chi connectivity index (χ2v) is 6.76. The lowest BCUT2D eigenvalue weighted by Gasteiger charge is -2.38. The highest BCUT2D eigenvalue weighted by Crippen LogP contribution is 2.32. The minimum absolute atomic E-state index is 0.153. The molecule has 1 aromatic rings. The molecule has 0 spiro atoms. The smallest absolute Gasteiger partial charge is 0.226 e. The number of carbonyl (C=O) groups is 1. The average molecular weight is 301 g/mol. The average Bonchev–Trinajstić information content (AvgIpc) is 2.54. The Morgan fingerprint density at radius 3 is 2.45 bits per heavy atom. The Balaban J connectivity index is 1.74. The molecule has 3 nitrogen and oxygen atoms in total. The van der Waals surface area contributed by atoms with Gasteiger partial charge in [-0.3, -0.25) is 4.79 Å². The summed E-state index contributed by atoms with van der Waals surface area (Å²) in [7, 11) is 0. The summed E-state index contributed by atoms with van der Waals surface area (Å²) in [6, 6.07) is 10.6. The third kappa shape index (κ3) is 3.52. The Bertz CT molecular complexity index is 477. The number of ether oxygens (including phenoxy) is 1. The minimum Gasteiger partial charge on any atom is -0.381 e. The molecule has 0 aromatic heterocycles. The second-order valence-electron chi connectivity index (χ2n) is 6.76. The van der Waals surface area contributed by atoms with Gasteiger partial charge < -0.3 is 9.64 Å². The van der Waals surface area contributed by atoms with Crippen LogP contribution in [0.5, 0.6) is 0 Å². The quantitative estimate of drug-likeness (QED) is 0.828. The fourth-order valence-corrected chi connectivity index (χ4v) is 3.48. The molecule has 2 aliphatic rings. The summed E-state index contributed by atoms with van der Waals surface area (Å²) >= 11 is 0. The SMILES string of the molecule is C[C@@H](c1ccccc1)N(CC1CCC1)C(=O)C1CCOCC1. The van der Waals surface area contributed by atoms with Crippen molar-refractivity contribution in [1.82, 2.24) is 4.90 Å². The molecule has 1 saturated carbocycles. The molecule has 1 amide bonds. The number of hydrogen-bond acceptors (Lipinski definition) is 2. The highest BCUT2D eigenvalue weighted by atomic mass is 16.5. The van der Waals surface area contributed by atoms with E-state index in [-0.39, 0.29) is 12.0 Å². The predicted molar refractivity (Wildman–Crippen MR) is 87.5 cm³/mol. The van der Waals surface area contributed by atoms with Gasteiger partial charge in [-0.05, 0) is 44.1 Å². The molecule has 1 aliphatic heterocycles. The van der Waals surface area contributed by atoms with Gasteiger partial charge in [0.05, 0.1) is 6.04 Å². The van der Waals surface area contributed by atoms with E-state index in [0.717, 1.165) is 32.6 Å². The standard InChI is InChI=1S/C19H27NO2/c1-15(17-8-3-2-4-9-17)20(14-16-6-5-7-16)19(21)18-10-12-22-13-11-18/h2-4,8-9,15-16,18H,5-7,10-14H2,1H3/t15-/m0/s1. The molecule has 1 atom stereocenters. The predicted octanol–water partition coefficient (Wildman–Crippen LogP) is 3.80. The Hall–Kier alpha value is -1.35. The molecule has 0 radical (unpaired) electrons. The summed E-state index contributed by atoms with van der Waals surface area (Å²) in [5.41, 5.74) is 1.24. The van der Waals surface area contributed by atoms with Crippen LogP contribution in [-0.4, -0.2) is 30.6 Å². The van der Waals surface area contributed by atoms with Crippen LogP contribution in [0, 0.1) is 11.8 Å². The van der Waals surface area contributed by atoms with Crippen LogP contribution >= 0.6 is 0 Å². The van der Waals surface area contributed by atoms with Crippen molar-refractivity contribution in [3.8, 4) is 0 Å². The summed E-state index contributed by atoms with van der Waals surface area (Å²) in [6.07, 6.45) is 5.63. The van der Waals surface area contributed by atoms with Gasteiger partial charge >= 0.3 is 0 Å². The first kappa shape index (κ1) is 15.5. The maximum atomic E-state index is 13.1. The molecular weight excluding hydrogens is 274 g/mol. The highest BCUT2D eigenvalue weighted by Gasteiger charge is 2.32. The molecule has 2 fully saturated rings. The fraction of sp³-hybridized carbons (Fsp3) is 0.632. The van der Waals surface area contributed by atoms with Crippen molar-refractivity contribution >= 4 is 5.91 Å². The van der Waals surface area contributed by atoms with Crippen molar-refractivity contribution in [2.45, 2.75) is 45.1 Å². The molecule has 22 heavy (non-hydrogen) atoms. The van der Waals surface area contributed by atoms with Gasteiger partial charge in [-0.25, -0.2) is 0 Å². The molecule has 1 aliphatic carbocycles. The molecule has 0 unspecified atom stereocenters. The van der Waals surface area contributed by atoms with E-state index in [1.165, 1.54) is 24.8 Å². The zero-order valence-electron chi connectivity index (χ0n) is 13.5. The van der Waals surface area contributed by atoms with E-state index in [4.69, 9.17) is 4.74 Å². The van der Waals surface area contributed by atoms with E-state index in [2.05, 4.69) is 36.1 Å². The van der Waals surface area contributed by atoms with Crippen molar-refractivity contribution in [2.75, 3.05) is 19.8 Å². The van der Waals surface area contributed by atoms with Crippen molar-refractivity contribution in [3.05, 3.63) is 35.9 Å². The third-order valence-electron chi connectivity index (χ3n) is 5.28. The maximum absolute atomic E-state index is 13.1. The Labute approximate surface area is 133 Å². The number of rotatable bonds is 5. The Morgan fingerprint density at radius 1 is 1.18 bits per heavy atom. The van der Waals surface area contributed by atoms with Crippen LogP contribution in [0.25, 0.3) is 0 Å². The van der Waals surface area contributed by atoms with Gasteiger partial charge in [0.25, 0.3) is 0 Å². The van der Waals surface area contributed by atoms with E-state index in [1.54, 1.807) is 0 Å². The number of benzene rings is 1. The highest BCUT2D eigenvalue weighted by molar-refractivity contribution is 5.79. The van der Waals surface area contributed by atoms with E-state index >= 15 is 0 Å². The van der Waals surface area contributed by atoms with Crippen LogP contribution in [-0.2, 0) is 9.53 Å². The van der Waals surface area contributed by atoms with Crippen LogP contribution in [0.1, 0.15) is 50.6 Å². The van der Waals surface area contributed by atoms with Gasteiger partial charge in [0, 0.05) is 25.7 Å². The van der Waals surface area contributed by atoms with Gasteiger partial charge in [-0.2, -0.15) is 0 Å². The van der Waals surface area contributed by atoms with E-state index < -0.39 is 0 Å². The van der Waals surface area contributed by atoms with Gasteiger partial charge in [-0.1, -0.05) is 36.8 Å². The summed E-state index contributed by atoms with van der Waals surface area (Å²) in [4.78, 5) is 15.2. The van der Waals surface area contributed by atoms with E-state index in [0.29, 0.717) is 11.8 Å². The van der Waals surface area contributed by atoms with Crippen molar-refractivity contribution in [2.24, 2.45) is 11.8 Å². The molecule has 0 N–H and O–H groups in total. The maximum Gasteiger partial charge on any atom is 0.226 e. The molecule has 1 heterocycles. The number of hydrogen-bond donors (Lipinski definition) is 0. The number of nitrogens with zero attached hydrogens (tertiary/aromatic N) is 1. The lowest BCUT2D eigenvalue weighted by Crippen LogP contribution is -2.43. The van der Waals surface area contributed by atoms with Gasteiger partial charge in [-0.15, -0.1) is 0 Å². The zero-order valence-corrected chi connectivity index (χ0v) is 13.5. The van der Waals surface area contributed by atoms with Crippen LogP contribution in [0.15, 0.2) is 30.3 Å². The van der Waals surface area contributed by atoms with Crippen molar-refractivity contribution < 1.29 is 9.53 Å². The summed E-state index contributed by atoms with van der Waals surface area (Å²) in [6.45, 7) is 4.55. The molecule has 1 aromatic carbocycles. The normalized spacial score (nSPS) is 21.1. The fourth-order valence-electron chi connectivity index (χ4n) is 3.48. The Kier molecular flexibility index (Phi) is 5.14. The lowest BCUT2D eigenvalue weighted by atomic mass is 9.84. The molecule has 0 bridgehead atoms. The zero-order chi connectivity index (χ0) is 15.4. The van der Waals surface area contributed by atoms with Crippen molar-refractivity contribution in [1.29, 1.82) is 0 Å². The largest absolute Gasteiger partial charge is 0.381 e. The molecule has 1 saturated heterocycles. The van der Waals surface area contributed by atoms with Crippen LogP contribution in [0.2, 0.25) is 0 Å². The lowest BCUT2D eigenvalue weighted by molar-refractivity contribution is -0.142. The van der Waals surface area contributed by atoms with Crippen molar-refractivity contribution in [3.63, 3.8) is 0 Å². The van der Waals surface area contributed by atoms with Gasteiger partial charge in [0.1, 0.15) is 0 Å². The number of amides is 1. The summed E-state index contributed by atoms with van der Waals surface area (Å²) in [5.74, 6) is 1.20. The monoisotopic (exact) mass is 301 g/mol. The first-order chi connectivity index (χ1) is 10.8. The molecule has 3 rings (SSSR count). The minimum atomic E-state index is 0.153. The Morgan fingerprint density at radius 2 is 1.86 bits per heavy atom. The molecular formula is C19H27NO2. The first-order valence-electron chi connectivity index (χ1n) is 8.69. The topological polar surface area (TPSA) is 29.5 Å². The van der Waals surface area contributed by atoms with Crippen LogP contribution in [0.4, 0.5) is 0 Å². The molecule has 3 heteroatoms.